The average Bonchev–Trinajstić information content (AvgIpc) is 3.10. The smallest absolute Gasteiger partial charge is 0.335 e. The number of benzene rings is 1. The van der Waals surface area contributed by atoms with Crippen molar-refractivity contribution in [3.05, 3.63) is 53.6 Å². The Hall–Kier alpha value is -2.73. The van der Waals surface area contributed by atoms with Crippen molar-refractivity contribution in [3.63, 3.8) is 0 Å². The van der Waals surface area contributed by atoms with Crippen molar-refractivity contribution >= 4 is 27.7 Å². The maximum atomic E-state index is 17.3. The van der Waals surface area contributed by atoms with Crippen LogP contribution in [0.4, 0.5) is 4.39 Å². The summed E-state index contributed by atoms with van der Waals surface area (Å²) in [5, 5.41) is 32.6. The van der Waals surface area contributed by atoms with E-state index in [4.69, 9.17) is 9.29 Å². The molecule has 11 heteroatoms. The highest BCUT2D eigenvalue weighted by Gasteiger charge is 2.75. The fraction of sp³-hybridized carbons (Fsp3) is 0.552. The number of rotatable bonds is 6. The van der Waals surface area contributed by atoms with Gasteiger partial charge >= 0.3 is 5.97 Å². The summed E-state index contributed by atoms with van der Waals surface area (Å²) in [7, 11) is -4.55. The Kier molecular flexibility index (Phi) is 6.58. The number of aromatic carboxylic acids is 1. The Morgan fingerprint density at radius 3 is 2.58 bits per heavy atom. The van der Waals surface area contributed by atoms with Crippen molar-refractivity contribution in [2.45, 2.75) is 68.7 Å². The minimum atomic E-state index is -4.55. The number of halogens is 1. The standard InChI is InChI=1S/C29H33FO9S/c1-16-11-22-21-8-7-18-13-19(31)9-10-26(18,2)28(21,30)23(32)14-27(22,3)29(16,36)24(33)15-39-40(37,38)20-6-4-5-17(12-20)25(34)35/h4-6,9-10,12-13,16,21-23,32,36H,7-8,11,14-15H2,1-3H3,(H,34,35)/t16-,21?,22?,23+,26+,27+,28+,29+/m1/s1. The lowest BCUT2D eigenvalue weighted by Crippen LogP contribution is -2.69. The van der Waals surface area contributed by atoms with Gasteiger partial charge in [0.15, 0.2) is 17.2 Å². The first-order chi connectivity index (χ1) is 18.5. The summed E-state index contributed by atoms with van der Waals surface area (Å²) in [4.78, 5) is 36.4. The second-order valence-electron chi connectivity index (χ2n) is 12.1. The van der Waals surface area contributed by atoms with E-state index >= 15 is 4.39 Å². The molecule has 3 N–H and O–H groups in total. The molecule has 2 unspecified atom stereocenters. The molecule has 0 spiro atoms. The van der Waals surface area contributed by atoms with E-state index in [-0.39, 0.29) is 24.2 Å². The second-order valence-corrected chi connectivity index (χ2v) is 13.8. The van der Waals surface area contributed by atoms with Gasteiger partial charge in [-0.05, 0) is 74.8 Å². The van der Waals surface area contributed by atoms with Crippen molar-refractivity contribution in [2.24, 2.45) is 28.6 Å². The number of allylic oxidation sites excluding steroid dienone is 4. The molecular weight excluding hydrogens is 543 g/mol. The number of aliphatic hydroxyl groups is 2. The van der Waals surface area contributed by atoms with Crippen molar-refractivity contribution in [2.75, 3.05) is 6.61 Å². The van der Waals surface area contributed by atoms with Crippen LogP contribution in [0.2, 0.25) is 0 Å². The number of fused-ring (bicyclic) bond motifs is 5. The maximum Gasteiger partial charge on any atom is 0.335 e. The highest BCUT2D eigenvalue weighted by atomic mass is 32.2. The molecule has 8 atom stereocenters. The third kappa shape index (κ3) is 3.74. The van der Waals surface area contributed by atoms with E-state index < -0.39 is 79.3 Å². The van der Waals surface area contributed by atoms with Crippen LogP contribution in [0, 0.1) is 28.6 Å². The topological polar surface area (TPSA) is 155 Å². The predicted molar refractivity (Wildman–Crippen MR) is 139 cm³/mol. The van der Waals surface area contributed by atoms with Gasteiger partial charge in [0, 0.05) is 16.7 Å². The van der Waals surface area contributed by atoms with Crippen LogP contribution in [-0.4, -0.2) is 65.3 Å². The number of hydrogen-bond donors (Lipinski definition) is 3. The predicted octanol–water partition coefficient (Wildman–Crippen LogP) is 3.01. The van der Waals surface area contributed by atoms with E-state index in [9.17, 15) is 33.0 Å². The zero-order valence-electron chi connectivity index (χ0n) is 22.5. The number of carboxylic acid groups (broad SMARTS) is 1. The van der Waals surface area contributed by atoms with Crippen molar-refractivity contribution in [1.29, 1.82) is 0 Å². The number of hydrogen-bond acceptors (Lipinski definition) is 8. The van der Waals surface area contributed by atoms with Gasteiger partial charge in [0.1, 0.15) is 12.2 Å². The minimum absolute atomic E-state index is 0.233. The minimum Gasteiger partial charge on any atom is -0.478 e. The highest BCUT2D eigenvalue weighted by Crippen LogP contribution is 2.70. The summed E-state index contributed by atoms with van der Waals surface area (Å²) >= 11 is 0. The number of ketones is 2. The summed E-state index contributed by atoms with van der Waals surface area (Å²) in [6, 6.07) is 4.48. The van der Waals surface area contributed by atoms with Gasteiger partial charge in [-0.3, -0.25) is 13.8 Å². The lowest BCUT2D eigenvalue weighted by Gasteiger charge is -2.62. The SMILES string of the molecule is C[C@@H]1CC2C3CCC4=CC(=O)C=C[C@]4(C)[C@@]3(F)[C@@H](O)C[C@]2(C)[C@@]1(O)C(=O)COS(=O)(=O)c1cccc(C(=O)O)c1. The maximum absolute atomic E-state index is 17.3. The molecule has 0 aromatic heterocycles. The molecule has 0 aliphatic heterocycles. The van der Waals surface area contributed by atoms with Crippen LogP contribution < -0.4 is 0 Å². The van der Waals surface area contributed by atoms with E-state index in [1.165, 1.54) is 30.4 Å². The molecule has 40 heavy (non-hydrogen) atoms. The lowest BCUT2D eigenvalue weighted by atomic mass is 9.44. The molecule has 0 heterocycles. The molecule has 5 rings (SSSR count). The molecule has 0 radical (unpaired) electrons. The molecule has 0 bridgehead atoms. The van der Waals surface area contributed by atoms with Crippen molar-refractivity contribution in [3.8, 4) is 0 Å². The fourth-order valence-corrected chi connectivity index (χ4v) is 9.15. The van der Waals surface area contributed by atoms with Crippen LogP contribution >= 0.6 is 0 Å². The monoisotopic (exact) mass is 576 g/mol. The first-order valence-electron chi connectivity index (χ1n) is 13.3. The summed E-state index contributed by atoms with van der Waals surface area (Å²) in [6.07, 6.45) is 3.46. The summed E-state index contributed by atoms with van der Waals surface area (Å²) < 4.78 is 47.8. The molecule has 9 nitrogen and oxygen atoms in total. The van der Waals surface area contributed by atoms with Crippen LogP contribution in [0.1, 0.15) is 56.8 Å². The van der Waals surface area contributed by atoms with Crippen LogP contribution in [0.5, 0.6) is 0 Å². The quantitative estimate of drug-likeness (QED) is 0.434. The largest absolute Gasteiger partial charge is 0.478 e. The summed E-state index contributed by atoms with van der Waals surface area (Å²) in [5.74, 6) is -4.42. The van der Waals surface area contributed by atoms with Gasteiger partial charge in [0.25, 0.3) is 10.1 Å². The zero-order chi connectivity index (χ0) is 29.5. The normalized spacial score (nSPS) is 40.5. The van der Waals surface area contributed by atoms with Gasteiger partial charge in [0.2, 0.25) is 0 Å². The molecule has 3 fully saturated rings. The number of aliphatic hydroxyl groups excluding tert-OH is 1. The number of carbonyl (C=O) groups excluding carboxylic acids is 2. The van der Waals surface area contributed by atoms with Gasteiger partial charge in [-0.15, -0.1) is 0 Å². The number of alkyl halides is 1. The van der Waals surface area contributed by atoms with E-state index in [1.54, 1.807) is 20.8 Å². The molecule has 1 aromatic carbocycles. The van der Waals surface area contributed by atoms with Crippen LogP contribution in [0.25, 0.3) is 0 Å². The Morgan fingerprint density at radius 2 is 1.90 bits per heavy atom. The van der Waals surface area contributed by atoms with E-state index in [0.29, 0.717) is 18.4 Å². The first-order valence-corrected chi connectivity index (χ1v) is 14.7. The number of carboxylic acids is 1. The van der Waals surface area contributed by atoms with Crippen molar-refractivity contribution < 1.29 is 46.7 Å². The molecule has 4 aliphatic carbocycles. The number of carbonyl (C=O) groups is 3. The Balaban J connectivity index is 1.44. The average molecular weight is 577 g/mol. The Morgan fingerprint density at radius 1 is 1.20 bits per heavy atom. The summed E-state index contributed by atoms with van der Waals surface area (Å²) in [5.41, 5.74) is -6.43. The molecular formula is C29H33FO9S. The Bertz CT molecular complexity index is 1470. The molecule has 0 amide bonds. The molecule has 0 saturated heterocycles. The molecule has 1 aromatic rings. The van der Waals surface area contributed by atoms with Crippen LogP contribution in [0.15, 0.2) is 53.0 Å². The molecule has 4 aliphatic rings. The van der Waals surface area contributed by atoms with Crippen molar-refractivity contribution in [1.82, 2.24) is 0 Å². The Labute approximate surface area is 231 Å². The third-order valence-electron chi connectivity index (χ3n) is 10.4. The molecule has 216 valence electrons. The van der Waals surface area contributed by atoms with Gasteiger partial charge in [-0.2, -0.15) is 8.42 Å². The summed E-state index contributed by atoms with van der Waals surface area (Å²) in [6.45, 7) is 3.95. The van der Waals surface area contributed by atoms with Gasteiger partial charge < -0.3 is 15.3 Å². The third-order valence-corrected chi connectivity index (χ3v) is 11.6. The van der Waals surface area contributed by atoms with Crippen LogP contribution in [0.3, 0.4) is 0 Å². The van der Waals surface area contributed by atoms with Gasteiger partial charge in [-0.25, -0.2) is 9.18 Å². The lowest BCUT2D eigenvalue weighted by molar-refractivity contribution is -0.219. The van der Waals surface area contributed by atoms with E-state index in [1.807, 2.05) is 0 Å². The van der Waals surface area contributed by atoms with Crippen LogP contribution in [-0.2, 0) is 23.9 Å². The highest BCUT2D eigenvalue weighted by molar-refractivity contribution is 7.86. The second kappa shape index (κ2) is 9.14. The first kappa shape index (κ1) is 28.8. The van der Waals surface area contributed by atoms with E-state index in [0.717, 1.165) is 12.1 Å². The van der Waals surface area contributed by atoms with Gasteiger partial charge in [-0.1, -0.05) is 31.6 Å². The fourth-order valence-electron chi connectivity index (χ4n) is 8.23. The molecule has 3 saturated carbocycles. The number of Topliss-reactive ketones (excluding diaryl/α,β-unsaturated/α-hetero) is 1. The van der Waals surface area contributed by atoms with E-state index in [2.05, 4.69) is 0 Å². The zero-order valence-corrected chi connectivity index (χ0v) is 23.3. The van der Waals surface area contributed by atoms with Gasteiger partial charge in [0.05, 0.1) is 16.6 Å².